The van der Waals surface area contributed by atoms with Crippen LogP contribution in [0.3, 0.4) is 0 Å². The number of benzene rings is 1. The lowest BCUT2D eigenvalue weighted by Crippen LogP contribution is -2.24. The highest BCUT2D eigenvalue weighted by Gasteiger charge is 2.20. The average molecular weight is 304 g/mol. The van der Waals surface area contributed by atoms with E-state index in [2.05, 4.69) is 9.88 Å². The molecule has 0 amide bonds. The van der Waals surface area contributed by atoms with Gasteiger partial charge in [-0.1, -0.05) is 6.07 Å². The molecule has 0 bridgehead atoms. The molecule has 1 N–H and O–H groups in total. The van der Waals surface area contributed by atoms with Gasteiger partial charge in [0.25, 0.3) is 0 Å². The topological polar surface area (TPSA) is 54.6 Å². The van der Waals surface area contributed by atoms with Crippen molar-refractivity contribution >= 4 is 16.9 Å². The summed E-state index contributed by atoms with van der Waals surface area (Å²) in [5.74, 6) is 0.411. The van der Waals surface area contributed by atoms with Crippen LogP contribution in [0.5, 0.6) is 5.75 Å². The van der Waals surface area contributed by atoms with Gasteiger partial charge in [-0.15, -0.1) is 0 Å². The highest BCUT2D eigenvalue weighted by atomic mass is 16.6. The minimum absolute atomic E-state index is 0.358. The second kappa shape index (κ2) is 6.40. The van der Waals surface area contributed by atoms with Gasteiger partial charge in [-0.05, 0) is 53.1 Å². The standard InChI is InChI=1S/C17H24N2O3/c1-17(2,3)22-16(20)14-11-12-13(18-14)7-6-8-15(12)21-10-9-19(4)5/h6-8,11,18H,9-10H2,1-5H3. The van der Waals surface area contributed by atoms with Crippen molar-refractivity contribution in [3.8, 4) is 5.75 Å². The third kappa shape index (κ3) is 4.24. The number of aromatic amines is 1. The summed E-state index contributed by atoms with van der Waals surface area (Å²) in [6.07, 6.45) is 0. The number of aromatic nitrogens is 1. The van der Waals surface area contributed by atoms with E-state index in [-0.39, 0.29) is 5.97 Å². The lowest BCUT2D eigenvalue weighted by molar-refractivity contribution is 0.00639. The number of nitrogens with zero attached hydrogens (tertiary/aromatic N) is 1. The first-order valence-electron chi connectivity index (χ1n) is 7.39. The van der Waals surface area contributed by atoms with Crippen LogP contribution in [0.2, 0.25) is 0 Å². The summed E-state index contributed by atoms with van der Waals surface area (Å²) >= 11 is 0. The van der Waals surface area contributed by atoms with Crippen LogP contribution in [0.1, 0.15) is 31.3 Å². The van der Waals surface area contributed by atoms with Crippen LogP contribution in [0, 0.1) is 0 Å². The SMILES string of the molecule is CN(C)CCOc1cccc2[nH]c(C(=O)OC(C)(C)C)cc12. The summed E-state index contributed by atoms with van der Waals surface area (Å²) < 4.78 is 11.2. The molecule has 0 saturated carbocycles. The molecule has 0 unspecified atom stereocenters. The van der Waals surface area contributed by atoms with Crippen molar-refractivity contribution in [3.63, 3.8) is 0 Å². The third-order valence-corrected chi connectivity index (χ3v) is 3.04. The van der Waals surface area contributed by atoms with Gasteiger partial charge in [0.05, 0.1) is 0 Å². The van der Waals surface area contributed by atoms with Gasteiger partial charge >= 0.3 is 5.97 Å². The molecule has 0 saturated heterocycles. The molecule has 0 aliphatic heterocycles. The summed E-state index contributed by atoms with van der Waals surface area (Å²) in [6, 6.07) is 7.52. The van der Waals surface area contributed by atoms with Gasteiger partial charge in [0.2, 0.25) is 0 Å². The number of rotatable bonds is 5. The molecule has 22 heavy (non-hydrogen) atoms. The molecule has 0 atom stereocenters. The minimum Gasteiger partial charge on any atom is -0.492 e. The number of hydrogen-bond acceptors (Lipinski definition) is 4. The molecule has 5 nitrogen and oxygen atoms in total. The van der Waals surface area contributed by atoms with Crippen LogP contribution in [0.25, 0.3) is 10.9 Å². The zero-order valence-electron chi connectivity index (χ0n) is 13.9. The average Bonchev–Trinajstić information content (AvgIpc) is 2.81. The van der Waals surface area contributed by atoms with E-state index in [1.54, 1.807) is 6.07 Å². The number of ether oxygens (including phenoxy) is 2. The Morgan fingerprint density at radius 1 is 1.27 bits per heavy atom. The quantitative estimate of drug-likeness (QED) is 0.863. The van der Waals surface area contributed by atoms with Crippen molar-refractivity contribution in [1.29, 1.82) is 0 Å². The van der Waals surface area contributed by atoms with E-state index >= 15 is 0 Å². The zero-order valence-corrected chi connectivity index (χ0v) is 13.9. The number of H-pyrrole nitrogens is 1. The molecule has 0 aliphatic rings. The fraction of sp³-hybridized carbons (Fsp3) is 0.471. The first-order chi connectivity index (χ1) is 10.3. The smallest absolute Gasteiger partial charge is 0.355 e. The van der Waals surface area contributed by atoms with Crippen LogP contribution in [0.4, 0.5) is 0 Å². The van der Waals surface area contributed by atoms with Gasteiger partial charge < -0.3 is 19.4 Å². The predicted molar refractivity (Wildman–Crippen MR) is 87.5 cm³/mol. The van der Waals surface area contributed by atoms with Crippen molar-refractivity contribution in [3.05, 3.63) is 30.0 Å². The summed E-state index contributed by atoms with van der Waals surface area (Å²) in [5, 5.41) is 0.891. The number of carbonyl (C=O) groups is 1. The maximum Gasteiger partial charge on any atom is 0.355 e. The van der Waals surface area contributed by atoms with Crippen LogP contribution < -0.4 is 4.74 Å². The highest BCUT2D eigenvalue weighted by Crippen LogP contribution is 2.27. The summed E-state index contributed by atoms with van der Waals surface area (Å²) in [7, 11) is 4.00. The van der Waals surface area contributed by atoms with Gasteiger partial charge in [0, 0.05) is 17.4 Å². The third-order valence-electron chi connectivity index (χ3n) is 3.04. The normalized spacial score (nSPS) is 11.9. The number of hydrogen-bond donors (Lipinski definition) is 1. The Balaban J connectivity index is 2.21. The molecule has 1 aromatic carbocycles. The molecule has 0 radical (unpaired) electrons. The largest absolute Gasteiger partial charge is 0.492 e. The maximum atomic E-state index is 12.1. The Kier molecular flexibility index (Phi) is 4.76. The molecular weight excluding hydrogens is 280 g/mol. The number of carbonyl (C=O) groups excluding carboxylic acids is 1. The number of likely N-dealkylation sites (N-methyl/N-ethyl adjacent to an activating group) is 1. The van der Waals surface area contributed by atoms with Gasteiger partial charge in [-0.3, -0.25) is 0 Å². The first-order valence-corrected chi connectivity index (χ1v) is 7.39. The Morgan fingerprint density at radius 2 is 2.00 bits per heavy atom. The Labute approximate surface area is 131 Å². The first kappa shape index (κ1) is 16.4. The molecule has 1 heterocycles. The second-order valence-electron chi connectivity index (χ2n) is 6.55. The van der Waals surface area contributed by atoms with Crippen molar-refractivity contribution in [2.45, 2.75) is 26.4 Å². The van der Waals surface area contributed by atoms with E-state index in [0.717, 1.165) is 23.2 Å². The van der Waals surface area contributed by atoms with E-state index < -0.39 is 5.60 Å². The van der Waals surface area contributed by atoms with Crippen molar-refractivity contribution < 1.29 is 14.3 Å². The van der Waals surface area contributed by atoms with Crippen molar-refractivity contribution in [2.24, 2.45) is 0 Å². The van der Waals surface area contributed by atoms with Crippen molar-refractivity contribution in [1.82, 2.24) is 9.88 Å². The monoisotopic (exact) mass is 304 g/mol. The lowest BCUT2D eigenvalue weighted by atomic mass is 10.2. The number of fused-ring (bicyclic) bond motifs is 1. The summed E-state index contributed by atoms with van der Waals surface area (Å²) in [5.41, 5.74) is 0.788. The molecular formula is C17H24N2O3. The van der Waals surface area contributed by atoms with Gasteiger partial charge in [0.15, 0.2) is 0 Å². The van der Waals surface area contributed by atoms with Crippen LogP contribution in [-0.4, -0.2) is 48.7 Å². The van der Waals surface area contributed by atoms with E-state index in [9.17, 15) is 4.79 Å². The molecule has 2 rings (SSSR count). The summed E-state index contributed by atoms with van der Waals surface area (Å²) in [4.78, 5) is 17.3. The summed E-state index contributed by atoms with van der Waals surface area (Å²) in [6.45, 7) is 6.98. The molecule has 0 fully saturated rings. The molecule has 5 heteroatoms. The van der Waals surface area contributed by atoms with Crippen LogP contribution >= 0.6 is 0 Å². The number of nitrogens with one attached hydrogen (secondary N) is 1. The van der Waals surface area contributed by atoms with Gasteiger partial charge in [0.1, 0.15) is 23.7 Å². The molecule has 0 aliphatic carbocycles. The Bertz CT molecular complexity index is 653. The molecule has 0 spiro atoms. The van der Waals surface area contributed by atoms with Crippen molar-refractivity contribution in [2.75, 3.05) is 27.2 Å². The maximum absolute atomic E-state index is 12.1. The zero-order chi connectivity index (χ0) is 16.3. The lowest BCUT2D eigenvalue weighted by Gasteiger charge is -2.18. The number of esters is 1. The minimum atomic E-state index is -0.514. The fourth-order valence-electron chi connectivity index (χ4n) is 2.03. The highest BCUT2D eigenvalue weighted by molar-refractivity contribution is 5.97. The molecule has 120 valence electrons. The predicted octanol–water partition coefficient (Wildman–Crippen LogP) is 3.06. The van der Waals surface area contributed by atoms with E-state index in [4.69, 9.17) is 9.47 Å². The fourth-order valence-corrected chi connectivity index (χ4v) is 2.03. The van der Waals surface area contributed by atoms with E-state index in [0.29, 0.717) is 12.3 Å². The Morgan fingerprint density at radius 3 is 2.64 bits per heavy atom. The van der Waals surface area contributed by atoms with E-state index in [1.165, 1.54) is 0 Å². The van der Waals surface area contributed by atoms with Gasteiger partial charge in [-0.25, -0.2) is 4.79 Å². The molecule has 2 aromatic rings. The Hall–Kier alpha value is -2.01. The van der Waals surface area contributed by atoms with Crippen LogP contribution in [0.15, 0.2) is 24.3 Å². The van der Waals surface area contributed by atoms with Gasteiger partial charge in [-0.2, -0.15) is 0 Å². The second-order valence-corrected chi connectivity index (χ2v) is 6.55. The van der Waals surface area contributed by atoms with Crippen LogP contribution in [-0.2, 0) is 4.74 Å². The van der Waals surface area contributed by atoms with E-state index in [1.807, 2.05) is 53.1 Å². The molecule has 1 aromatic heterocycles.